The monoisotopic (exact) mass is 331 g/mol. The van der Waals surface area contributed by atoms with Crippen LogP contribution >= 0.6 is 23.2 Å². The van der Waals surface area contributed by atoms with Crippen molar-refractivity contribution in [3.05, 3.63) is 22.2 Å². The van der Waals surface area contributed by atoms with Gasteiger partial charge in [0.2, 0.25) is 5.91 Å². The van der Waals surface area contributed by atoms with E-state index in [1.807, 2.05) is 7.05 Å². The first-order chi connectivity index (χ1) is 9.67. The normalized spacial score (nSPS) is 11.8. The predicted octanol–water partition coefficient (Wildman–Crippen LogP) is 4.02. The highest BCUT2D eigenvalue weighted by Crippen LogP contribution is 2.32. The number of nitrogens with two attached hydrogens (primary N) is 1. The number of hydrogen-bond donors (Lipinski definition) is 2. The minimum atomic E-state index is -0.123. The van der Waals surface area contributed by atoms with Crippen LogP contribution in [-0.4, -0.2) is 29.9 Å². The zero-order valence-corrected chi connectivity index (χ0v) is 14.5. The maximum atomic E-state index is 12.0. The van der Waals surface area contributed by atoms with Gasteiger partial charge in [-0.3, -0.25) is 4.79 Å². The fraction of sp³-hybridized carbons (Fsp3) is 0.533. The summed E-state index contributed by atoms with van der Waals surface area (Å²) in [6.07, 6.45) is 1.39. The Morgan fingerprint density at radius 1 is 1.33 bits per heavy atom. The van der Waals surface area contributed by atoms with E-state index < -0.39 is 0 Å². The zero-order chi connectivity index (χ0) is 16.2. The fourth-order valence-corrected chi connectivity index (χ4v) is 2.35. The van der Waals surface area contributed by atoms with Gasteiger partial charge in [-0.2, -0.15) is 0 Å². The van der Waals surface area contributed by atoms with Crippen molar-refractivity contribution >= 4 is 40.5 Å². The molecule has 0 atom stereocenters. The molecule has 0 heterocycles. The van der Waals surface area contributed by atoms with Crippen LogP contribution in [-0.2, 0) is 4.79 Å². The van der Waals surface area contributed by atoms with E-state index in [2.05, 4.69) is 31.0 Å². The minimum Gasteiger partial charge on any atom is -0.399 e. The summed E-state index contributed by atoms with van der Waals surface area (Å²) in [5.74, 6) is -0.123. The number of anilines is 2. The third-order valence-corrected chi connectivity index (χ3v) is 4.50. The molecule has 0 saturated heterocycles. The molecule has 1 rings (SSSR count). The Morgan fingerprint density at radius 3 is 2.33 bits per heavy atom. The first-order valence-electron chi connectivity index (χ1n) is 6.93. The number of rotatable bonds is 6. The van der Waals surface area contributed by atoms with Gasteiger partial charge in [0.15, 0.2) is 0 Å². The lowest BCUT2D eigenvalue weighted by Gasteiger charge is -2.34. The van der Waals surface area contributed by atoms with Gasteiger partial charge in [-0.25, -0.2) is 0 Å². The molecule has 4 nitrogen and oxygen atoms in total. The van der Waals surface area contributed by atoms with Crippen LogP contribution in [0.1, 0.15) is 33.6 Å². The van der Waals surface area contributed by atoms with Crippen molar-refractivity contribution in [3.8, 4) is 0 Å². The van der Waals surface area contributed by atoms with Gasteiger partial charge in [0, 0.05) is 24.2 Å². The van der Waals surface area contributed by atoms with Crippen LogP contribution in [0.25, 0.3) is 0 Å². The molecule has 0 fully saturated rings. The van der Waals surface area contributed by atoms with Crippen molar-refractivity contribution in [1.82, 2.24) is 4.90 Å². The molecule has 1 amide bonds. The average Bonchev–Trinajstić information content (AvgIpc) is 2.39. The van der Waals surface area contributed by atoms with Crippen molar-refractivity contribution in [2.24, 2.45) is 0 Å². The highest BCUT2D eigenvalue weighted by atomic mass is 35.5. The second-order valence-electron chi connectivity index (χ2n) is 5.75. The van der Waals surface area contributed by atoms with E-state index in [4.69, 9.17) is 28.9 Å². The zero-order valence-electron chi connectivity index (χ0n) is 13.0. The van der Waals surface area contributed by atoms with E-state index in [-0.39, 0.29) is 11.4 Å². The van der Waals surface area contributed by atoms with E-state index in [1.165, 1.54) is 0 Å². The Morgan fingerprint density at radius 2 is 1.86 bits per heavy atom. The number of carbonyl (C=O) groups is 1. The van der Waals surface area contributed by atoms with Crippen molar-refractivity contribution in [2.45, 2.75) is 39.2 Å². The molecule has 21 heavy (non-hydrogen) atoms. The van der Waals surface area contributed by atoms with Crippen molar-refractivity contribution in [3.63, 3.8) is 0 Å². The van der Waals surface area contributed by atoms with Crippen LogP contribution in [0.3, 0.4) is 0 Å². The molecular weight excluding hydrogens is 309 g/mol. The Kier molecular flexibility index (Phi) is 6.32. The van der Waals surface area contributed by atoms with Crippen LogP contribution in [0, 0.1) is 0 Å². The van der Waals surface area contributed by atoms with E-state index >= 15 is 0 Å². The second-order valence-corrected chi connectivity index (χ2v) is 6.56. The van der Waals surface area contributed by atoms with E-state index in [9.17, 15) is 4.79 Å². The average molecular weight is 332 g/mol. The number of nitrogen functional groups attached to an aromatic ring is 1. The lowest BCUT2D eigenvalue weighted by molar-refractivity contribution is -0.116. The first-order valence-corrected chi connectivity index (χ1v) is 7.68. The number of amides is 1. The summed E-state index contributed by atoms with van der Waals surface area (Å²) in [6, 6.07) is 3.13. The molecular formula is C15H23Cl2N3O. The van der Waals surface area contributed by atoms with Crippen molar-refractivity contribution in [2.75, 3.05) is 24.6 Å². The maximum Gasteiger partial charge on any atom is 0.225 e. The molecule has 0 unspecified atom stereocenters. The summed E-state index contributed by atoms with van der Waals surface area (Å²) in [5, 5.41) is 3.43. The number of carbonyl (C=O) groups excluding carboxylic acids is 1. The second kappa shape index (κ2) is 7.34. The predicted molar refractivity (Wildman–Crippen MR) is 91.1 cm³/mol. The molecule has 6 heteroatoms. The molecule has 0 bridgehead atoms. The Balaban J connectivity index is 2.63. The maximum absolute atomic E-state index is 12.0. The lowest BCUT2D eigenvalue weighted by atomic mass is 10.00. The Hall–Kier alpha value is -0.970. The van der Waals surface area contributed by atoms with E-state index in [0.717, 1.165) is 6.42 Å². The van der Waals surface area contributed by atoms with E-state index in [0.29, 0.717) is 34.4 Å². The molecule has 0 aliphatic rings. The van der Waals surface area contributed by atoms with Crippen molar-refractivity contribution in [1.29, 1.82) is 0 Å². The molecule has 0 spiro atoms. The molecule has 3 N–H and O–H groups in total. The van der Waals surface area contributed by atoms with Gasteiger partial charge >= 0.3 is 0 Å². The lowest BCUT2D eigenvalue weighted by Crippen LogP contribution is -2.41. The summed E-state index contributed by atoms with van der Waals surface area (Å²) >= 11 is 12.1. The Bertz CT molecular complexity index is 495. The van der Waals surface area contributed by atoms with E-state index in [1.54, 1.807) is 12.1 Å². The van der Waals surface area contributed by atoms with Crippen LogP contribution in [0.5, 0.6) is 0 Å². The summed E-state index contributed by atoms with van der Waals surface area (Å²) < 4.78 is 0. The van der Waals surface area contributed by atoms with Gasteiger partial charge < -0.3 is 16.0 Å². The molecule has 0 saturated carbocycles. The first kappa shape index (κ1) is 18.1. The highest BCUT2D eigenvalue weighted by Gasteiger charge is 2.21. The summed E-state index contributed by atoms with van der Waals surface area (Å²) in [5.41, 5.74) is 6.58. The quantitative estimate of drug-likeness (QED) is 0.774. The summed E-state index contributed by atoms with van der Waals surface area (Å²) in [4.78, 5) is 14.2. The third-order valence-electron chi connectivity index (χ3n) is 3.90. The minimum absolute atomic E-state index is 0.0662. The van der Waals surface area contributed by atoms with Gasteiger partial charge in [0.05, 0.1) is 15.7 Å². The molecule has 0 radical (unpaired) electrons. The molecule has 0 aliphatic heterocycles. The largest absolute Gasteiger partial charge is 0.399 e. The number of hydrogen-bond acceptors (Lipinski definition) is 3. The van der Waals surface area contributed by atoms with Crippen LogP contribution < -0.4 is 11.1 Å². The van der Waals surface area contributed by atoms with Gasteiger partial charge in [-0.05, 0) is 39.4 Å². The van der Waals surface area contributed by atoms with Gasteiger partial charge in [-0.1, -0.05) is 30.1 Å². The van der Waals surface area contributed by atoms with Crippen LogP contribution in [0.15, 0.2) is 12.1 Å². The summed E-state index contributed by atoms with van der Waals surface area (Å²) in [6.45, 7) is 7.10. The number of nitrogens with zero attached hydrogens (tertiary/aromatic N) is 1. The third kappa shape index (κ3) is 5.06. The molecule has 118 valence electrons. The molecule has 0 aliphatic carbocycles. The van der Waals surface area contributed by atoms with Crippen molar-refractivity contribution < 1.29 is 4.79 Å². The summed E-state index contributed by atoms with van der Waals surface area (Å²) in [7, 11) is 2.01. The van der Waals surface area contributed by atoms with Crippen LogP contribution in [0.4, 0.5) is 11.4 Å². The topological polar surface area (TPSA) is 58.4 Å². The highest BCUT2D eigenvalue weighted by molar-refractivity contribution is 6.40. The fourth-order valence-electron chi connectivity index (χ4n) is 1.76. The smallest absolute Gasteiger partial charge is 0.225 e. The molecule has 0 aromatic heterocycles. The van der Waals surface area contributed by atoms with Crippen LogP contribution in [0.2, 0.25) is 10.0 Å². The molecule has 1 aromatic carbocycles. The Labute approximate surface area is 136 Å². The SMILES string of the molecule is CCC(C)(C)N(C)CCC(=O)Nc1c(Cl)cc(N)cc1Cl. The van der Waals surface area contributed by atoms with Gasteiger partial charge in [0.1, 0.15) is 0 Å². The standard InChI is InChI=1S/C15H23Cl2N3O/c1-5-15(2,3)20(4)7-6-13(21)19-14-11(16)8-10(18)9-12(14)17/h8-9H,5-7,18H2,1-4H3,(H,19,21). The molecule has 1 aromatic rings. The number of nitrogens with one attached hydrogen (secondary N) is 1. The van der Waals surface area contributed by atoms with Gasteiger partial charge in [0.25, 0.3) is 0 Å². The number of benzene rings is 1. The number of halogens is 2. The van der Waals surface area contributed by atoms with Gasteiger partial charge in [-0.15, -0.1) is 0 Å².